The highest BCUT2D eigenvalue weighted by atomic mass is 16.6. The second-order valence-electron chi connectivity index (χ2n) is 2.06. The molecule has 62 valence electrons. The number of nitrogens with zero attached hydrogens (tertiary/aromatic N) is 1. The molecule has 1 aromatic rings. The fourth-order valence-electron chi connectivity index (χ4n) is 0.743. The van der Waals surface area contributed by atoms with Gasteiger partial charge in [-0.15, -0.1) is 4.91 Å². The first kappa shape index (κ1) is 8.39. The van der Waals surface area contributed by atoms with Crippen LogP contribution >= 0.6 is 0 Å². The van der Waals surface area contributed by atoms with Crippen molar-refractivity contribution in [2.45, 2.75) is 0 Å². The quantitative estimate of drug-likeness (QED) is 0.504. The predicted molar refractivity (Wildman–Crippen MR) is 42.5 cm³/mol. The van der Waals surface area contributed by atoms with Gasteiger partial charge in [-0.05, 0) is 17.3 Å². The van der Waals surface area contributed by atoms with Crippen LogP contribution in [0.1, 0.15) is 10.4 Å². The van der Waals surface area contributed by atoms with Crippen LogP contribution < -0.4 is 0 Å². The van der Waals surface area contributed by atoms with Gasteiger partial charge in [0.1, 0.15) is 0 Å². The third-order valence-corrected chi connectivity index (χ3v) is 1.26. The number of hydrogen-bond donors (Lipinski definition) is 0. The molecule has 0 fully saturated rings. The number of carbonyl (C=O) groups is 1. The normalized spacial score (nSPS) is 9.00. The van der Waals surface area contributed by atoms with E-state index in [0.29, 0.717) is 5.56 Å². The molecule has 0 heterocycles. The lowest BCUT2D eigenvalue weighted by atomic mass is 10.2. The van der Waals surface area contributed by atoms with E-state index in [1.165, 1.54) is 0 Å². The molecule has 0 N–H and O–H groups in total. The summed E-state index contributed by atoms with van der Waals surface area (Å²) < 4.78 is 4.46. The monoisotopic (exact) mass is 165 g/mol. The molecule has 0 bridgehead atoms. The molecule has 0 aliphatic carbocycles. The van der Waals surface area contributed by atoms with Crippen molar-refractivity contribution in [1.82, 2.24) is 0 Å². The highest BCUT2D eigenvalue weighted by Crippen LogP contribution is 2.00. The molecule has 4 heteroatoms. The number of ether oxygens (including phenoxy) is 1. The van der Waals surface area contributed by atoms with Gasteiger partial charge in [-0.3, -0.25) is 0 Å². The summed E-state index contributed by atoms with van der Waals surface area (Å²) in [5.74, 6) is -0.532. The Balaban J connectivity index is 2.59. The van der Waals surface area contributed by atoms with E-state index in [1.807, 2.05) is 0 Å². The first-order valence-corrected chi connectivity index (χ1v) is 3.36. The van der Waals surface area contributed by atoms with Crippen LogP contribution in [0.15, 0.2) is 35.5 Å². The average Bonchev–Trinajstić information content (AvgIpc) is 2.15. The van der Waals surface area contributed by atoms with Crippen LogP contribution in [0.5, 0.6) is 0 Å². The number of rotatable bonds is 3. The van der Waals surface area contributed by atoms with Crippen LogP contribution in [-0.2, 0) is 4.74 Å². The minimum absolute atomic E-state index is 0.418. The van der Waals surface area contributed by atoms with E-state index in [1.54, 1.807) is 30.3 Å². The van der Waals surface area contributed by atoms with Crippen molar-refractivity contribution in [3.8, 4) is 0 Å². The molecule has 0 aliphatic rings. The maximum atomic E-state index is 11.0. The largest absolute Gasteiger partial charge is 0.435 e. The maximum Gasteiger partial charge on any atom is 0.340 e. The third-order valence-electron chi connectivity index (χ3n) is 1.26. The second kappa shape index (κ2) is 4.23. The molecule has 0 spiro atoms. The highest BCUT2D eigenvalue weighted by molar-refractivity contribution is 5.89. The average molecular weight is 165 g/mol. The zero-order valence-electron chi connectivity index (χ0n) is 6.27. The van der Waals surface area contributed by atoms with Gasteiger partial charge in [0.2, 0.25) is 6.73 Å². The Labute approximate surface area is 69.1 Å². The summed E-state index contributed by atoms with van der Waals surface area (Å²) in [6, 6.07) is 8.42. The van der Waals surface area contributed by atoms with Crippen molar-refractivity contribution in [2.24, 2.45) is 5.18 Å². The van der Waals surface area contributed by atoms with Crippen molar-refractivity contribution in [1.29, 1.82) is 0 Å². The zero-order chi connectivity index (χ0) is 8.81. The lowest BCUT2D eigenvalue weighted by molar-refractivity contribution is 0.0516. The van der Waals surface area contributed by atoms with E-state index in [0.717, 1.165) is 0 Å². The van der Waals surface area contributed by atoms with Gasteiger partial charge in [-0.2, -0.15) is 0 Å². The van der Waals surface area contributed by atoms with Crippen LogP contribution in [0.3, 0.4) is 0 Å². The summed E-state index contributed by atoms with van der Waals surface area (Å²) in [6.45, 7) is -0.437. The van der Waals surface area contributed by atoms with E-state index in [4.69, 9.17) is 0 Å². The summed E-state index contributed by atoms with van der Waals surface area (Å²) in [5.41, 5.74) is 0.418. The number of nitroso groups, excluding NO2 is 1. The summed E-state index contributed by atoms with van der Waals surface area (Å²) in [5, 5.41) is 2.41. The molecule has 0 saturated carbocycles. The Hall–Kier alpha value is -1.71. The zero-order valence-corrected chi connectivity index (χ0v) is 6.27. The Morgan fingerprint density at radius 1 is 1.33 bits per heavy atom. The predicted octanol–water partition coefficient (Wildman–Crippen LogP) is 1.57. The SMILES string of the molecule is O=NCOC(=O)c1ccccc1. The second-order valence-corrected chi connectivity index (χ2v) is 2.06. The topological polar surface area (TPSA) is 55.7 Å². The fraction of sp³-hybridized carbons (Fsp3) is 0.125. The molecule has 0 aliphatic heterocycles. The highest BCUT2D eigenvalue weighted by Gasteiger charge is 2.04. The summed E-state index contributed by atoms with van der Waals surface area (Å²) >= 11 is 0. The number of carbonyl (C=O) groups excluding carboxylic acids is 1. The minimum atomic E-state index is -0.532. The molecule has 4 nitrogen and oxygen atoms in total. The molecule has 12 heavy (non-hydrogen) atoms. The van der Waals surface area contributed by atoms with Gasteiger partial charge in [-0.1, -0.05) is 18.2 Å². The first-order valence-electron chi connectivity index (χ1n) is 3.36. The van der Waals surface area contributed by atoms with Gasteiger partial charge >= 0.3 is 5.97 Å². The van der Waals surface area contributed by atoms with Crippen molar-refractivity contribution in [3.63, 3.8) is 0 Å². The van der Waals surface area contributed by atoms with Gasteiger partial charge in [0.05, 0.1) is 5.56 Å². The molecule has 0 saturated heterocycles. The molecule has 1 aromatic carbocycles. The molecule has 0 unspecified atom stereocenters. The van der Waals surface area contributed by atoms with E-state index >= 15 is 0 Å². The van der Waals surface area contributed by atoms with Crippen LogP contribution in [0, 0.1) is 4.91 Å². The lowest BCUT2D eigenvalue weighted by Crippen LogP contribution is -2.04. The summed E-state index contributed by atoms with van der Waals surface area (Å²) in [7, 11) is 0. The van der Waals surface area contributed by atoms with E-state index in [2.05, 4.69) is 9.91 Å². The standard InChI is InChI=1S/C8H7NO3/c10-8(12-6-9-11)7-4-2-1-3-5-7/h1-5H,6H2. The molecule has 0 aromatic heterocycles. The summed E-state index contributed by atoms with van der Waals surface area (Å²) in [6.07, 6.45) is 0. The number of benzene rings is 1. The maximum absolute atomic E-state index is 11.0. The van der Waals surface area contributed by atoms with E-state index in [-0.39, 0.29) is 0 Å². The van der Waals surface area contributed by atoms with Crippen LogP contribution in [0.2, 0.25) is 0 Å². The Kier molecular flexibility index (Phi) is 2.95. The number of hydrogen-bond acceptors (Lipinski definition) is 4. The van der Waals surface area contributed by atoms with Crippen LogP contribution in [0.25, 0.3) is 0 Å². The molecular formula is C8H7NO3. The Morgan fingerprint density at radius 2 is 2.00 bits per heavy atom. The Morgan fingerprint density at radius 3 is 2.58 bits per heavy atom. The van der Waals surface area contributed by atoms with Crippen LogP contribution in [0.4, 0.5) is 0 Å². The molecule has 0 amide bonds. The van der Waals surface area contributed by atoms with Gasteiger partial charge < -0.3 is 4.74 Å². The van der Waals surface area contributed by atoms with E-state index in [9.17, 15) is 9.70 Å². The third kappa shape index (κ3) is 2.16. The molecular weight excluding hydrogens is 158 g/mol. The van der Waals surface area contributed by atoms with Gasteiger partial charge in [0, 0.05) is 0 Å². The van der Waals surface area contributed by atoms with Crippen molar-refractivity contribution >= 4 is 5.97 Å². The molecule has 1 rings (SSSR count). The summed E-state index contributed by atoms with van der Waals surface area (Å²) in [4.78, 5) is 20.6. The number of esters is 1. The van der Waals surface area contributed by atoms with E-state index < -0.39 is 12.7 Å². The fourth-order valence-corrected chi connectivity index (χ4v) is 0.743. The lowest BCUT2D eigenvalue weighted by Gasteiger charge is -1.97. The minimum Gasteiger partial charge on any atom is -0.435 e. The molecule has 0 radical (unpaired) electrons. The van der Waals surface area contributed by atoms with Crippen molar-refractivity contribution in [2.75, 3.05) is 6.73 Å². The van der Waals surface area contributed by atoms with Crippen molar-refractivity contribution in [3.05, 3.63) is 40.8 Å². The van der Waals surface area contributed by atoms with Gasteiger partial charge in [0.25, 0.3) is 0 Å². The Bertz CT molecular complexity index is 271. The smallest absolute Gasteiger partial charge is 0.340 e. The van der Waals surface area contributed by atoms with Crippen LogP contribution in [-0.4, -0.2) is 12.7 Å². The first-order chi connectivity index (χ1) is 5.84. The molecule has 0 atom stereocenters. The van der Waals surface area contributed by atoms with Gasteiger partial charge in [0.15, 0.2) is 0 Å². The van der Waals surface area contributed by atoms with Gasteiger partial charge in [-0.25, -0.2) is 4.79 Å². The van der Waals surface area contributed by atoms with Crippen molar-refractivity contribution < 1.29 is 9.53 Å².